The highest BCUT2D eigenvalue weighted by molar-refractivity contribution is 7.89. The van der Waals surface area contributed by atoms with Gasteiger partial charge in [0.2, 0.25) is 10.0 Å². The predicted octanol–water partition coefficient (Wildman–Crippen LogP) is 1.31. The quantitative estimate of drug-likeness (QED) is 0.826. The summed E-state index contributed by atoms with van der Waals surface area (Å²) >= 11 is 0. The van der Waals surface area contributed by atoms with E-state index >= 15 is 0 Å². The second-order valence-electron chi connectivity index (χ2n) is 4.02. The van der Waals surface area contributed by atoms with Crippen LogP contribution in [0.3, 0.4) is 0 Å². The summed E-state index contributed by atoms with van der Waals surface area (Å²) in [5.41, 5.74) is 5.93. The van der Waals surface area contributed by atoms with E-state index in [1.165, 1.54) is 30.6 Å². The average molecular weight is 258 g/mol. The summed E-state index contributed by atoms with van der Waals surface area (Å²) in [6.45, 7) is 3.61. The summed E-state index contributed by atoms with van der Waals surface area (Å²) in [6, 6.07) is 4.42. The van der Waals surface area contributed by atoms with Crippen LogP contribution < -0.4 is 10.5 Å². The molecule has 0 aromatic heterocycles. The fraction of sp³-hybridized carbons (Fsp3) is 0.455. The van der Waals surface area contributed by atoms with E-state index in [1.807, 2.05) is 0 Å². The first-order valence-corrected chi connectivity index (χ1v) is 6.66. The lowest BCUT2D eigenvalue weighted by atomic mass is 10.3. The molecule has 0 fully saturated rings. The van der Waals surface area contributed by atoms with Crippen LogP contribution in [0.2, 0.25) is 0 Å². The van der Waals surface area contributed by atoms with Crippen molar-refractivity contribution in [3.63, 3.8) is 0 Å². The first-order valence-electron chi connectivity index (χ1n) is 5.22. The minimum Gasteiger partial charge on any atom is -0.497 e. The Bertz CT molecular complexity index is 497. The van der Waals surface area contributed by atoms with E-state index in [4.69, 9.17) is 10.5 Å². The first-order chi connectivity index (χ1) is 7.80. The molecule has 1 rings (SSSR count). The fourth-order valence-corrected chi connectivity index (χ4v) is 2.78. The molecular weight excluding hydrogens is 240 g/mol. The lowest BCUT2D eigenvalue weighted by molar-refractivity contribution is 0.409. The number of methoxy groups -OCH3 is 1. The zero-order valence-corrected chi connectivity index (χ0v) is 11.3. The Hall–Kier alpha value is -1.27. The maximum absolute atomic E-state index is 12.2. The van der Waals surface area contributed by atoms with Crippen LogP contribution in [0.25, 0.3) is 0 Å². The van der Waals surface area contributed by atoms with Gasteiger partial charge in [-0.2, -0.15) is 4.31 Å². The highest BCUT2D eigenvalue weighted by atomic mass is 32.2. The highest BCUT2D eigenvalue weighted by Gasteiger charge is 2.25. The van der Waals surface area contributed by atoms with Crippen molar-refractivity contribution in [3.8, 4) is 5.75 Å². The van der Waals surface area contributed by atoms with Crippen molar-refractivity contribution in [2.45, 2.75) is 24.8 Å². The van der Waals surface area contributed by atoms with Crippen LogP contribution in [-0.4, -0.2) is 32.9 Å². The highest BCUT2D eigenvalue weighted by Crippen LogP contribution is 2.26. The Kier molecular flexibility index (Phi) is 4.00. The Balaban J connectivity index is 3.25. The summed E-state index contributed by atoms with van der Waals surface area (Å²) in [7, 11) is -0.507. The minimum atomic E-state index is -3.54. The SMILES string of the molecule is COc1ccc(S(=O)(=O)N(C)C(C)C)c(N)c1. The molecule has 17 heavy (non-hydrogen) atoms. The lowest BCUT2D eigenvalue weighted by Gasteiger charge is -2.21. The molecule has 0 bridgehead atoms. The normalized spacial score (nSPS) is 12.1. The second-order valence-corrected chi connectivity index (χ2v) is 5.98. The topological polar surface area (TPSA) is 72.6 Å². The van der Waals surface area contributed by atoms with Crippen molar-refractivity contribution >= 4 is 15.7 Å². The van der Waals surface area contributed by atoms with Gasteiger partial charge in [0, 0.05) is 19.2 Å². The van der Waals surface area contributed by atoms with Crippen molar-refractivity contribution in [2.24, 2.45) is 0 Å². The van der Waals surface area contributed by atoms with Gasteiger partial charge in [0.25, 0.3) is 0 Å². The Morgan fingerprint density at radius 2 is 1.94 bits per heavy atom. The number of anilines is 1. The maximum Gasteiger partial charge on any atom is 0.245 e. The summed E-state index contributed by atoms with van der Waals surface area (Å²) in [5.74, 6) is 0.536. The lowest BCUT2D eigenvalue weighted by Crippen LogP contribution is -2.33. The standard InChI is InChI=1S/C11H18N2O3S/c1-8(2)13(3)17(14,15)11-6-5-9(16-4)7-10(11)12/h5-8H,12H2,1-4H3. The molecule has 5 nitrogen and oxygen atoms in total. The molecule has 0 aliphatic rings. The third-order valence-corrected chi connectivity index (χ3v) is 4.71. The van der Waals surface area contributed by atoms with Crippen molar-refractivity contribution in [1.82, 2.24) is 4.31 Å². The third-order valence-electron chi connectivity index (χ3n) is 2.60. The molecule has 96 valence electrons. The monoisotopic (exact) mass is 258 g/mol. The summed E-state index contributed by atoms with van der Waals surface area (Å²) in [5, 5.41) is 0. The molecule has 0 amide bonds. The van der Waals surface area contributed by atoms with Crippen molar-refractivity contribution in [1.29, 1.82) is 0 Å². The minimum absolute atomic E-state index is 0.106. The van der Waals surface area contributed by atoms with Gasteiger partial charge in [-0.1, -0.05) is 0 Å². The molecule has 0 saturated carbocycles. The largest absolute Gasteiger partial charge is 0.497 e. The van der Waals surface area contributed by atoms with Crippen molar-refractivity contribution in [2.75, 3.05) is 19.9 Å². The van der Waals surface area contributed by atoms with E-state index in [9.17, 15) is 8.42 Å². The number of sulfonamides is 1. The third kappa shape index (κ3) is 2.70. The second kappa shape index (κ2) is 4.93. The molecule has 0 spiro atoms. The molecule has 0 atom stereocenters. The molecule has 0 saturated heterocycles. The van der Waals surface area contributed by atoms with Gasteiger partial charge >= 0.3 is 0 Å². The molecule has 0 radical (unpaired) electrons. The van der Waals surface area contributed by atoms with E-state index in [0.29, 0.717) is 5.75 Å². The Labute approximate surface area is 102 Å². The molecule has 0 heterocycles. The van der Waals surface area contributed by atoms with E-state index < -0.39 is 10.0 Å². The van der Waals surface area contributed by atoms with Crippen molar-refractivity contribution < 1.29 is 13.2 Å². The van der Waals surface area contributed by atoms with Gasteiger partial charge in [0.1, 0.15) is 10.6 Å². The Morgan fingerprint density at radius 1 is 1.35 bits per heavy atom. The van der Waals surface area contributed by atoms with E-state index in [-0.39, 0.29) is 16.6 Å². The number of nitrogens with zero attached hydrogens (tertiary/aromatic N) is 1. The van der Waals surface area contributed by atoms with Gasteiger partial charge in [-0.3, -0.25) is 0 Å². The number of nitrogens with two attached hydrogens (primary N) is 1. The van der Waals surface area contributed by atoms with Gasteiger partial charge in [-0.05, 0) is 26.0 Å². The van der Waals surface area contributed by atoms with Crippen LogP contribution in [0.15, 0.2) is 23.1 Å². The van der Waals surface area contributed by atoms with Crippen LogP contribution in [0, 0.1) is 0 Å². The smallest absolute Gasteiger partial charge is 0.245 e. The van der Waals surface area contributed by atoms with Crippen LogP contribution in [0.1, 0.15) is 13.8 Å². The van der Waals surface area contributed by atoms with E-state index in [1.54, 1.807) is 19.9 Å². The molecule has 1 aromatic rings. The van der Waals surface area contributed by atoms with Gasteiger partial charge in [-0.25, -0.2) is 8.42 Å². The summed E-state index contributed by atoms with van der Waals surface area (Å²) < 4.78 is 30.7. The number of hydrogen-bond acceptors (Lipinski definition) is 4. The average Bonchev–Trinajstić information content (AvgIpc) is 2.27. The van der Waals surface area contributed by atoms with Crippen LogP contribution in [0.5, 0.6) is 5.75 Å². The predicted molar refractivity (Wildman–Crippen MR) is 67.5 cm³/mol. The molecule has 0 aliphatic carbocycles. The fourth-order valence-electron chi connectivity index (χ4n) is 1.32. The summed E-state index contributed by atoms with van der Waals surface area (Å²) in [6.07, 6.45) is 0. The zero-order valence-electron chi connectivity index (χ0n) is 10.5. The molecule has 0 unspecified atom stereocenters. The maximum atomic E-state index is 12.2. The number of ether oxygens (including phenoxy) is 1. The van der Waals surface area contributed by atoms with E-state index in [2.05, 4.69) is 0 Å². The van der Waals surface area contributed by atoms with Crippen LogP contribution in [0.4, 0.5) is 5.69 Å². The van der Waals surface area contributed by atoms with Gasteiger partial charge in [-0.15, -0.1) is 0 Å². The van der Waals surface area contributed by atoms with Crippen LogP contribution in [-0.2, 0) is 10.0 Å². The number of hydrogen-bond donors (Lipinski definition) is 1. The molecule has 2 N–H and O–H groups in total. The Morgan fingerprint density at radius 3 is 2.35 bits per heavy atom. The molecule has 0 aliphatic heterocycles. The van der Waals surface area contributed by atoms with Gasteiger partial charge in [0.05, 0.1) is 12.8 Å². The molecule has 1 aromatic carbocycles. The first kappa shape index (κ1) is 13.8. The van der Waals surface area contributed by atoms with Crippen LogP contribution >= 0.6 is 0 Å². The van der Waals surface area contributed by atoms with Gasteiger partial charge < -0.3 is 10.5 Å². The molecular formula is C11H18N2O3S. The number of rotatable bonds is 4. The van der Waals surface area contributed by atoms with Crippen molar-refractivity contribution in [3.05, 3.63) is 18.2 Å². The number of nitrogen functional groups attached to an aromatic ring is 1. The summed E-state index contributed by atoms with van der Waals surface area (Å²) in [4.78, 5) is 0.106. The van der Waals surface area contributed by atoms with E-state index in [0.717, 1.165) is 0 Å². The van der Waals surface area contributed by atoms with Gasteiger partial charge in [0.15, 0.2) is 0 Å². The zero-order chi connectivity index (χ0) is 13.2. The number of benzene rings is 1. The molecule has 6 heteroatoms.